The number of rotatable bonds is 5. The Hall–Kier alpha value is -2.79. The quantitative estimate of drug-likeness (QED) is 0.292. The van der Waals surface area contributed by atoms with Crippen LogP contribution in [0.3, 0.4) is 0 Å². The Balaban J connectivity index is 1.59. The Morgan fingerprint density at radius 2 is 1.41 bits per heavy atom. The van der Waals surface area contributed by atoms with Crippen LogP contribution in [0.4, 0.5) is 11.4 Å². The van der Waals surface area contributed by atoms with Gasteiger partial charge in [-0.15, -0.1) is 0 Å². The minimum Gasteiger partial charge on any atom is -0.403 e. The van der Waals surface area contributed by atoms with E-state index in [-0.39, 0.29) is 5.04 Å². The molecule has 4 aromatic carbocycles. The van der Waals surface area contributed by atoms with Crippen molar-refractivity contribution in [2.75, 3.05) is 11.9 Å². The summed E-state index contributed by atoms with van der Waals surface area (Å²) in [4.78, 5) is 4.69. The number of nitrogens with zero attached hydrogens (tertiary/aromatic N) is 1. The van der Waals surface area contributed by atoms with Gasteiger partial charge < -0.3 is 9.33 Å². The highest BCUT2D eigenvalue weighted by Crippen LogP contribution is 2.49. The van der Waals surface area contributed by atoms with Crippen LogP contribution < -0.4 is 15.3 Å². The normalized spacial score (nSPS) is 13.4. The van der Waals surface area contributed by atoms with E-state index in [1.165, 1.54) is 32.2 Å². The molecule has 0 unspecified atom stereocenters. The second-order valence-electron chi connectivity index (χ2n) is 9.76. The highest BCUT2D eigenvalue weighted by Gasteiger charge is 2.50. The van der Waals surface area contributed by atoms with Gasteiger partial charge in [0, 0.05) is 16.8 Å². The van der Waals surface area contributed by atoms with Crippen LogP contribution in [0.2, 0.25) is 5.04 Å². The molecule has 0 N–H and O–H groups in total. The highest BCUT2D eigenvalue weighted by atomic mass is 32.2. The van der Waals surface area contributed by atoms with Gasteiger partial charge in [-0.25, -0.2) is 0 Å². The van der Waals surface area contributed by atoms with Gasteiger partial charge in [0.25, 0.3) is 8.32 Å². The van der Waals surface area contributed by atoms with Crippen molar-refractivity contribution in [3.8, 4) is 0 Å². The summed E-state index contributed by atoms with van der Waals surface area (Å²) < 4.78 is 7.24. The van der Waals surface area contributed by atoms with Crippen LogP contribution in [0.25, 0.3) is 0 Å². The molecule has 1 radical (unpaired) electrons. The lowest BCUT2D eigenvalue weighted by atomic mass is 10.1. The zero-order valence-corrected chi connectivity index (χ0v) is 22.0. The van der Waals surface area contributed by atoms with Crippen LogP contribution in [-0.4, -0.2) is 15.4 Å². The lowest BCUT2D eigenvalue weighted by molar-refractivity contribution is 0.283. The number of anilines is 2. The number of hydrogen-bond acceptors (Lipinski definition) is 3. The average molecular weight is 481 g/mol. The van der Waals surface area contributed by atoms with E-state index >= 15 is 0 Å². The number of fused-ring (bicyclic) bond motifs is 2. The Bertz CT molecular complexity index is 1240. The minimum absolute atomic E-state index is 0.0468. The molecule has 4 heteroatoms. The van der Waals surface area contributed by atoms with Crippen LogP contribution in [0, 0.1) is 6.07 Å². The summed E-state index contributed by atoms with van der Waals surface area (Å²) in [7, 11) is -0.460. The summed E-state index contributed by atoms with van der Waals surface area (Å²) in [6.07, 6.45) is 0. The summed E-state index contributed by atoms with van der Waals surface area (Å²) in [6, 6.07) is 37.9. The molecule has 0 fully saturated rings. The molecule has 0 amide bonds. The predicted octanol–water partition coefficient (Wildman–Crippen LogP) is 6.80. The van der Waals surface area contributed by atoms with Crippen LogP contribution in [0.1, 0.15) is 26.3 Å². The fourth-order valence-electron chi connectivity index (χ4n) is 5.00. The molecular weight excluding hydrogens is 450 g/mol. The van der Waals surface area contributed by atoms with Gasteiger partial charge in [-0.05, 0) is 39.2 Å². The Morgan fingerprint density at radius 1 is 0.794 bits per heavy atom. The fraction of sp³-hybridized carbons (Fsp3) is 0.200. The molecule has 0 spiro atoms. The first kappa shape index (κ1) is 23.0. The van der Waals surface area contributed by atoms with Gasteiger partial charge in [0.15, 0.2) is 0 Å². The fourth-order valence-corrected chi connectivity index (χ4v) is 10.7. The van der Waals surface area contributed by atoms with Crippen LogP contribution in [-0.2, 0) is 11.0 Å². The maximum Gasteiger partial charge on any atom is 0.261 e. The molecule has 2 nitrogen and oxygen atoms in total. The Kier molecular flexibility index (Phi) is 6.15. The van der Waals surface area contributed by atoms with E-state index in [4.69, 9.17) is 4.43 Å². The molecule has 171 valence electrons. The molecular formula is C30H30NOSSi. The van der Waals surface area contributed by atoms with Gasteiger partial charge >= 0.3 is 0 Å². The smallest absolute Gasteiger partial charge is 0.261 e. The third-order valence-electron chi connectivity index (χ3n) is 6.66. The molecule has 34 heavy (non-hydrogen) atoms. The Labute approximate surface area is 208 Å². The van der Waals surface area contributed by atoms with E-state index in [0.29, 0.717) is 6.61 Å². The first-order valence-corrected chi connectivity index (χ1v) is 14.4. The molecule has 0 aromatic heterocycles. The Morgan fingerprint density at radius 3 is 2.03 bits per heavy atom. The third kappa shape index (κ3) is 3.90. The molecule has 0 aliphatic carbocycles. The van der Waals surface area contributed by atoms with Gasteiger partial charge in [0.2, 0.25) is 0 Å². The highest BCUT2D eigenvalue weighted by molar-refractivity contribution is 7.99. The lowest BCUT2D eigenvalue weighted by Crippen LogP contribution is -2.66. The van der Waals surface area contributed by atoms with Crippen molar-refractivity contribution in [2.24, 2.45) is 0 Å². The van der Waals surface area contributed by atoms with Gasteiger partial charge in [0.05, 0.1) is 18.0 Å². The van der Waals surface area contributed by atoms with E-state index in [1.807, 2.05) is 6.07 Å². The maximum atomic E-state index is 7.24. The average Bonchev–Trinajstić information content (AvgIpc) is 2.85. The summed E-state index contributed by atoms with van der Waals surface area (Å²) >= 11 is 1.80. The molecule has 1 aliphatic heterocycles. The molecule has 0 atom stereocenters. The van der Waals surface area contributed by atoms with Crippen LogP contribution in [0.5, 0.6) is 0 Å². The molecule has 0 bridgehead atoms. The van der Waals surface area contributed by atoms with Gasteiger partial charge in [0.1, 0.15) is 0 Å². The van der Waals surface area contributed by atoms with Crippen LogP contribution in [0.15, 0.2) is 107 Å². The first-order valence-electron chi connectivity index (χ1n) is 11.7. The second-order valence-corrected chi connectivity index (χ2v) is 15.1. The van der Waals surface area contributed by atoms with E-state index in [1.54, 1.807) is 11.8 Å². The maximum absolute atomic E-state index is 7.24. The van der Waals surface area contributed by atoms with E-state index < -0.39 is 8.32 Å². The molecule has 4 aromatic rings. The van der Waals surface area contributed by atoms with Crippen LogP contribution >= 0.6 is 11.8 Å². The molecule has 1 heterocycles. The second kappa shape index (κ2) is 9.10. The monoisotopic (exact) mass is 480 g/mol. The van der Waals surface area contributed by atoms with Crippen molar-refractivity contribution in [3.05, 3.63) is 109 Å². The predicted molar refractivity (Wildman–Crippen MR) is 146 cm³/mol. The SMILES string of the molecule is CN1c2ccc[c]c2Sc2c(CO[Si](c3ccccc3)(c3ccccc3)C(C)(C)C)cccc21. The van der Waals surface area contributed by atoms with Crippen molar-refractivity contribution in [2.45, 2.75) is 42.2 Å². The molecule has 1 aliphatic rings. The summed E-state index contributed by atoms with van der Waals surface area (Å²) in [5, 5.41) is 2.57. The van der Waals surface area contributed by atoms with Crippen molar-refractivity contribution in [1.29, 1.82) is 0 Å². The number of hydrogen-bond donors (Lipinski definition) is 0. The summed E-state index contributed by atoms with van der Waals surface area (Å²) in [6.45, 7) is 7.55. The molecule has 5 rings (SSSR count). The zero-order valence-electron chi connectivity index (χ0n) is 20.2. The largest absolute Gasteiger partial charge is 0.403 e. The van der Waals surface area contributed by atoms with Gasteiger partial charge in [-0.3, -0.25) is 0 Å². The molecule has 0 saturated carbocycles. The lowest BCUT2D eigenvalue weighted by Gasteiger charge is -2.43. The summed E-state index contributed by atoms with van der Waals surface area (Å²) in [5.74, 6) is 0. The summed E-state index contributed by atoms with van der Waals surface area (Å²) in [5.41, 5.74) is 3.65. The van der Waals surface area contributed by atoms with E-state index in [0.717, 1.165) is 4.90 Å². The topological polar surface area (TPSA) is 12.5 Å². The van der Waals surface area contributed by atoms with Crippen molar-refractivity contribution in [1.82, 2.24) is 0 Å². The number of benzene rings is 4. The van der Waals surface area contributed by atoms with Gasteiger partial charge in [-0.2, -0.15) is 0 Å². The van der Waals surface area contributed by atoms with Crippen molar-refractivity contribution in [3.63, 3.8) is 0 Å². The van der Waals surface area contributed by atoms with Gasteiger partial charge in [-0.1, -0.05) is 117 Å². The molecule has 0 saturated heterocycles. The van der Waals surface area contributed by atoms with E-state index in [9.17, 15) is 0 Å². The van der Waals surface area contributed by atoms with Crippen molar-refractivity contribution >= 4 is 41.8 Å². The first-order chi connectivity index (χ1) is 16.4. The van der Waals surface area contributed by atoms with Crippen molar-refractivity contribution < 1.29 is 4.43 Å². The standard InChI is InChI=1S/C30H30NOSSi/c1-30(2,3)34(24-15-7-5-8-16-24,25-17-9-6-10-18-25)32-22-23-14-13-20-27-29(23)33-28-21-12-11-19-26(28)31(27)4/h5-20H,22H2,1-4H3. The zero-order chi connectivity index (χ0) is 23.8. The third-order valence-corrected chi connectivity index (χ3v) is 12.9. The van der Waals surface area contributed by atoms with E-state index in [2.05, 4.69) is 130 Å². The minimum atomic E-state index is -2.60.